The van der Waals surface area contributed by atoms with Crippen molar-refractivity contribution in [1.82, 2.24) is 0 Å². The highest BCUT2D eigenvalue weighted by Crippen LogP contribution is 2.34. The zero-order valence-electron chi connectivity index (χ0n) is 13.1. The molecule has 3 aromatic carbocycles. The molecule has 1 aliphatic rings. The molecule has 0 fully saturated rings. The number of hydrogen-bond donors (Lipinski definition) is 0. The van der Waals surface area contributed by atoms with Crippen LogP contribution >= 0.6 is 11.8 Å². The number of nitrogens with zero attached hydrogens (tertiary/aromatic N) is 1. The molecular formula is C20H17NO2S. The van der Waals surface area contributed by atoms with Crippen LogP contribution in [-0.4, -0.2) is 24.8 Å². The van der Waals surface area contributed by atoms with Crippen LogP contribution < -0.4 is 9.64 Å². The molecule has 1 heterocycles. The van der Waals surface area contributed by atoms with Gasteiger partial charge >= 0.3 is 0 Å². The van der Waals surface area contributed by atoms with Gasteiger partial charge in [-0.3, -0.25) is 4.79 Å². The average Bonchev–Trinajstić information content (AvgIpc) is 2.65. The highest BCUT2D eigenvalue weighted by Gasteiger charge is 2.23. The van der Waals surface area contributed by atoms with E-state index in [1.54, 1.807) is 11.8 Å². The molecule has 4 rings (SSSR count). The number of thioether (sulfide) groups is 1. The summed E-state index contributed by atoms with van der Waals surface area (Å²) in [6, 6.07) is 22.0. The number of ether oxygens (including phenoxy) is 1. The Morgan fingerprint density at radius 2 is 1.79 bits per heavy atom. The minimum absolute atomic E-state index is 0.00400. The Bertz CT molecular complexity index is 888. The largest absolute Gasteiger partial charge is 0.483 e. The van der Waals surface area contributed by atoms with E-state index in [4.69, 9.17) is 4.74 Å². The quantitative estimate of drug-likeness (QED) is 0.712. The monoisotopic (exact) mass is 335 g/mol. The van der Waals surface area contributed by atoms with Gasteiger partial charge in [-0.25, -0.2) is 0 Å². The van der Waals surface area contributed by atoms with E-state index in [1.165, 1.54) is 0 Å². The molecule has 3 nitrogen and oxygen atoms in total. The molecule has 1 aliphatic heterocycles. The van der Waals surface area contributed by atoms with Gasteiger partial charge in [0.15, 0.2) is 6.61 Å². The van der Waals surface area contributed by atoms with Crippen molar-refractivity contribution in [1.29, 1.82) is 0 Å². The third-order valence-electron chi connectivity index (χ3n) is 4.13. The first-order valence-electron chi connectivity index (χ1n) is 7.96. The van der Waals surface area contributed by atoms with Crippen molar-refractivity contribution in [2.24, 2.45) is 0 Å². The van der Waals surface area contributed by atoms with Gasteiger partial charge in [0.2, 0.25) is 0 Å². The minimum atomic E-state index is -0.00400. The fraction of sp³-hybridized carbons (Fsp3) is 0.150. The molecule has 0 saturated carbocycles. The summed E-state index contributed by atoms with van der Waals surface area (Å²) in [6.07, 6.45) is 0. The molecule has 0 spiro atoms. The summed E-state index contributed by atoms with van der Waals surface area (Å²) >= 11 is 1.79. The SMILES string of the molecule is O=C(COc1cccc2ccccc12)N1CCSc2ccccc21. The number of hydrogen-bond acceptors (Lipinski definition) is 3. The first-order chi connectivity index (χ1) is 11.8. The van der Waals surface area contributed by atoms with Gasteiger partial charge in [0.25, 0.3) is 5.91 Å². The predicted octanol–water partition coefficient (Wildman–Crippen LogP) is 4.36. The second-order valence-corrected chi connectivity index (χ2v) is 6.76. The summed E-state index contributed by atoms with van der Waals surface area (Å²) in [5.74, 6) is 1.66. The van der Waals surface area contributed by atoms with Gasteiger partial charge in [-0.2, -0.15) is 0 Å². The molecule has 0 aromatic heterocycles. The molecule has 3 aromatic rings. The van der Waals surface area contributed by atoms with E-state index in [0.29, 0.717) is 0 Å². The summed E-state index contributed by atoms with van der Waals surface area (Å²) < 4.78 is 5.85. The molecule has 0 bridgehead atoms. The van der Waals surface area contributed by atoms with E-state index < -0.39 is 0 Å². The molecule has 0 saturated heterocycles. The van der Waals surface area contributed by atoms with Crippen molar-refractivity contribution in [3.63, 3.8) is 0 Å². The molecule has 24 heavy (non-hydrogen) atoms. The summed E-state index contributed by atoms with van der Waals surface area (Å²) in [7, 11) is 0. The van der Waals surface area contributed by atoms with Gasteiger partial charge in [0.1, 0.15) is 5.75 Å². The van der Waals surface area contributed by atoms with Gasteiger partial charge in [0.05, 0.1) is 5.69 Å². The van der Waals surface area contributed by atoms with Crippen LogP contribution in [0.25, 0.3) is 10.8 Å². The first kappa shape index (κ1) is 15.1. The van der Waals surface area contributed by atoms with Gasteiger partial charge in [0, 0.05) is 22.6 Å². The van der Waals surface area contributed by atoms with Crippen molar-refractivity contribution in [2.45, 2.75) is 4.90 Å². The lowest BCUT2D eigenvalue weighted by atomic mass is 10.1. The average molecular weight is 335 g/mol. The number of rotatable bonds is 3. The van der Waals surface area contributed by atoms with E-state index in [0.717, 1.165) is 39.4 Å². The zero-order chi connectivity index (χ0) is 16.4. The predicted molar refractivity (Wildman–Crippen MR) is 99.0 cm³/mol. The third kappa shape index (κ3) is 2.85. The fourth-order valence-electron chi connectivity index (χ4n) is 2.97. The van der Waals surface area contributed by atoms with Crippen LogP contribution in [0.2, 0.25) is 0 Å². The van der Waals surface area contributed by atoms with Gasteiger partial charge in [-0.15, -0.1) is 11.8 Å². The zero-order valence-corrected chi connectivity index (χ0v) is 14.0. The number of carbonyl (C=O) groups excluding carboxylic acids is 1. The Hall–Kier alpha value is -2.46. The molecule has 0 N–H and O–H groups in total. The lowest BCUT2D eigenvalue weighted by Gasteiger charge is -2.28. The van der Waals surface area contributed by atoms with Gasteiger partial charge in [-0.1, -0.05) is 48.5 Å². The van der Waals surface area contributed by atoms with Crippen LogP contribution in [0.15, 0.2) is 71.6 Å². The lowest BCUT2D eigenvalue weighted by Crippen LogP contribution is -2.38. The van der Waals surface area contributed by atoms with Crippen molar-refractivity contribution < 1.29 is 9.53 Å². The number of benzene rings is 3. The fourth-order valence-corrected chi connectivity index (χ4v) is 3.96. The smallest absolute Gasteiger partial charge is 0.264 e. The standard InChI is InChI=1S/C20H17NO2S/c22-20(21-12-13-24-19-11-4-3-9-17(19)21)14-23-18-10-5-7-15-6-1-2-8-16(15)18/h1-11H,12-14H2. The Morgan fingerprint density at radius 1 is 1.00 bits per heavy atom. The molecule has 0 atom stereocenters. The van der Waals surface area contributed by atoms with Crippen LogP contribution in [0.5, 0.6) is 5.75 Å². The third-order valence-corrected chi connectivity index (χ3v) is 5.17. The molecular weight excluding hydrogens is 318 g/mol. The Morgan fingerprint density at radius 3 is 2.75 bits per heavy atom. The summed E-state index contributed by atoms with van der Waals surface area (Å²) in [5.41, 5.74) is 0.986. The first-order valence-corrected chi connectivity index (χ1v) is 8.94. The summed E-state index contributed by atoms with van der Waals surface area (Å²) in [5, 5.41) is 2.14. The molecule has 120 valence electrons. The molecule has 0 radical (unpaired) electrons. The van der Waals surface area contributed by atoms with Crippen LogP contribution in [0.4, 0.5) is 5.69 Å². The van der Waals surface area contributed by atoms with Crippen molar-refractivity contribution in [3.8, 4) is 5.75 Å². The van der Waals surface area contributed by atoms with Crippen LogP contribution in [0, 0.1) is 0 Å². The Balaban J connectivity index is 1.53. The highest BCUT2D eigenvalue weighted by atomic mass is 32.2. The van der Waals surface area contributed by atoms with E-state index in [9.17, 15) is 4.79 Å². The maximum atomic E-state index is 12.7. The number of amides is 1. The Labute approximate surface area is 145 Å². The summed E-state index contributed by atoms with van der Waals surface area (Å²) in [4.78, 5) is 15.6. The second-order valence-electron chi connectivity index (χ2n) is 5.63. The van der Waals surface area contributed by atoms with E-state index >= 15 is 0 Å². The highest BCUT2D eigenvalue weighted by molar-refractivity contribution is 7.99. The molecule has 0 aliphatic carbocycles. The molecule has 1 amide bonds. The molecule has 0 unspecified atom stereocenters. The Kier molecular flexibility index (Phi) is 4.13. The van der Waals surface area contributed by atoms with Crippen molar-refractivity contribution in [2.75, 3.05) is 23.8 Å². The number of anilines is 1. The topological polar surface area (TPSA) is 29.5 Å². The van der Waals surface area contributed by atoms with Crippen LogP contribution in [-0.2, 0) is 4.79 Å². The van der Waals surface area contributed by atoms with Crippen LogP contribution in [0.1, 0.15) is 0 Å². The maximum Gasteiger partial charge on any atom is 0.264 e. The number of carbonyl (C=O) groups is 1. The van der Waals surface area contributed by atoms with Gasteiger partial charge < -0.3 is 9.64 Å². The number of para-hydroxylation sites is 1. The number of fused-ring (bicyclic) bond motifs is 2. The second kappa shape index (κ2) is 6.57. The minimum Gasteiger partial charge on any atom is -0.483 e. The van der Waals surface area contributed by atoms with Crippen molar-refractivity contribution >= 4 is 34.1 Å². The normalized spacial score (nSPS) is 13.6. The molecule has 4 heteroatoms. The van der Waals surface area contributed by atoms with Crippen molar-refractivity contribution in [3.05, 3.63) is 66.7 Å². The van der Waals surface area contributed by atoms with E-state index in [-0.39, 0.29) is 12.5 Å². The van der Waals surface area contributed by atoms with E-state index in [1.807, 2.05) is 65.6 Å². The van der Waals surface area contributed by atoms with Gasteiger partial charge in [-0.05, 0) is 23.6 Å². The lowest BCUT2D eigenvalue weighted by molar-refractivity contribution is -0.120. The summed E-state index contributed by atoms with van der Waals surface area (Å²) in [6.45, 7) is 0.770. The van der Waals surface area contributed by atoms with Crippen LogP contribution in [0.3, 0.4) is 0 Å². The van der Waals surface area contributed by atoms with E-state index in [2.05, 4.69) is 6.07 Å². The maximum absolute atomic E-state index is 12.7.